The van der Waals surface area contributed by atoms with Gasteiger partial charge in [0.25, 0.3) is 0 Å². The molecular weight excluding hydrogens is 358 g/mol. The predicted octanol–water partition coefficient (Wildman–Crippen LogP) is 4.04. The highest BCUT2D eigenvalue weighted by Crippen LogP contribution is 2.40. The van der Waals surface area contributed by atoms with Crippen LogP contribution in [-0.4, -0.2) is 53.4 Å². The van der Waals surface area contributed by atoms with Gasteiger partial charge in [0.05, 0.1) is 0 Å². The zero-order chi connectivity index (χ0) is 19.9. The van der Waals surface area contributed by atoms with E-state index in [1.165, 1.54) is 24.0 Å². The first-order valence-electron chi connectivity index (χ1n) is 10.8. The number of hydrogen-bond acceptors (Lipinski definition) is 3. The fourth-order valence-electron chi connectivity index (χ4n) is 4.64. The third-order valence-electron chi connectivity index (χ3n) is 6.53. The molecule has 29 heavy (non-hydrogen) atoms. The second-order valence-electron chi connectivity index (χ2n) is 8.54. The topological polar surface area (TPSA) is 36.4 Å². The smallest absolute Gasteiger partial charge is 0.222 e. The first-order valence-corrected chi connectivity index (χ1v) is 10.8. The Bertz CT molecular complexity index is 810. The molecule has 2 aromatic rings. The van der Waals surface area contributed by atoms with E-state index in [-0.39, 0.29) is 0 Å². The van der Waals surface area contributed by atoms with Crippen molar-refractivity contribution < 1.29 is 4.79 Å². The number of aromatic nitrogens is 1. The zero-order valence-electron chi connectivity index (χ0n) is 17.2. The SMILES string of the molecule is O=C1CCC2(CCN(CC=Cc3ccccc3)CC2)CN1CCc1cccnc1. The van der Waals surface area contributed by atoms with Crippen molar-refractivity contribution in [2.75, 3.05) is 32.7 Å². The van der Waals surface area contributed by atoms with Crippen LogP contribution in [0.1, 0.15) is 36.8 Å². The Morgan fingerprint density at radius 2 is 1.86 bits per heavy atom. The van der Waals surface area contributed by atoms with Gasteiger partial charge in [0.2, 0.25) is 5.91 Å². The number of benzene rings is 1. The van der Waals surface area contributed by atoms with Gasteiger partial charge in [0.15, 0.2) is 0 Å². The number of hydrogen-bond donors (Lipinski definition) is 0. The minimum Gasteiger partial charge on any atom is -0.342 e. The molecule has 2 saturated heterocycles. The van der Waals surface area contributed by atoms with E-state index < -0.39 is 0 Å². The van der Waals surface area contributed by atoms with Crippen LogP contribution in [0.4, 0.5) is 0 Å². The lowest BCUT2D eigenvalue weighted by Gasteiger charge is -2.47. The summed E-state index contributed by atoms with van der Waals surface area (Å²) in [4.78, 5) is 21.3. The Kier molecular flexibility index (Phi) is 6.40. The molecule has 2 fully saturated rings. The average Bonchev–Trinajstić information content (AvgIpc) is 2.77. The summed E-state index contributed by atoms with van der Waals surface area (Å²) in [6.45, 7) is 5.01. The fourth-order valence-corrected chi connectivity index (χ4v) is 4.64. The summed E-state index contributed by atoms with van der Waals surface area (Å²) in [5.41, 5.74) is 2.79. The zero-order valence-corrected chi connectivity index (χ0v) is 17.2. The van der Waals surface area contributed by atoms with Gasteiger partial charge in [-0.05, 0) is 61.4 Å². The molecule has 1 amide bonds. The molecule has 0 bridgehead atoms. The van der Waals surface area contributed by atoms with E-state index >= 15 is 0 Å². The maximum atomic E-state index is 12.5. The lowest BCUT2D eigenvalue weighted by atomic mass is 9.72. The summed E-state index contributed by atoms with van der Waals surface area (Å²) >= 11 is 0. The van der Waals surface area contributed by atoms with Gasteiger partial charge in [-0.2, -0.15) is 0 Å². The molecule has 152 valence electrons. The molecule has 4 rings (SSSR count). The summed E-state index contributed by atoms with van der Waals surface area (Å²) in [7, 11) is 0. The van der Waals surface area contributed by atoms with Gasteiger partial charge in [-0.15, -0.1) is 0 Å². The van der Waals surface area contributed by atoms with Crippen molar-refractivity contribution in [2.24, 2.45) is 5.41 Å². The van der Waals surface area contributed by atoms with Crippen LogP contribution in [0.25, 0.3) is 6.08 Å². The summed E-state index contributed by atoms with van der Waals surface area (Å²) in [5.74, 6) is 0.327. The van der Waals surface area contributed by atoms with Gasteiger partial charge < -0.3 is 4.90 Å². The number of carbonyl (C=O) groups excluding carboxylic acids is 1. The van der Waals surface area contributed by atoms with Crippen molar-refractivity contribution in [3.05, 3.63) is 72.1 Å². The van der Waals surface area contributed by atoms with Crippen molar-refractivity contribution in [2.45, 2.75) is 32.1 Å². The monoisotopic (exact) mass is 389 g/mol. The first-order chi connectivity index (χ1) is 14.2. The Balaban J connectivity index is 1.27. The first kappa shape index (κ1) is 19.8. The number of likely N-dealkylation sites (tertiary alicyclic amines) is 2. The minimum atomic E-state index is 0.322. The number of rotatable bonds is 6. The van der Waals surface area contributed by atoms with Crippen LogP contribution in [-0.2, 0) is 11.2 Å². The summed E-state index contributed by atoms with van der Waals surface area (Å²) < 4.78 is 0. The molecule has 1 aromatic heterocycles. The molecule has 4 nitrogen and oxygen atoms in total. The summed E-state index contributed by atoms with van der Waals surface area (Å²) in [6.07, 6.45) is 13.3. The lowest BCUT2D eigenvalue weighted by Crippen LogP contribution is -2.51. The van der Waals surface area contributed by atoms with Crippen LogP contribution in [0.5, 0.6) is 0 Å². The third-order valence-corrected chi connectivity index (χ3v) is 6.53. The second-order valence-corrected chi connectivity index (χ2v) is 8.54. The fraction of sp³-hybridized carbons (Fsp3) is 0.440. The van der Waals surface area contributed by atoms with Crippen LogP contribution in [0.15, 0.2) is 60.9 Å². The molecule has 3 heterocycles. The van der Waals surface area contributed by atoms with Crippen LogP contribution in [0.3, 0.4) is 0 Å². The quantitative estimate of drug-likeness (QED) is 0.748. The van der Waals surface area contributed by atoms with E-state index in [0.717, 1.165) is 45.6 Å². The summed E-state index contributed by atoms with van der Waals surface area (Å²) in [5, 5.41) is 0. The molecule has 0 radical (unpaired) electrons. The molecule has 1 aromatic carbocycles. The van der Waals surface area contributed by atoms with Crippen molar-refractivity contribution in [3.63, 3.8) is 0 Å². The predicted molar refractivity (Wildman–Crippen MR) is 117 cm³/mol. The molecule has 1 spiro atoms. The van der Waals surface area contributed by atoms with Crippen LogP contribution < -0.4 is 0 Å². The highest BCUT2D eigenvalue weighted by Gasteiger charge is 2.40. The van der Waals surface area contributed by atoms with Crippen LogP contribution >= 0.6 is 0 Å². The van der Waals surface area contributed by atoms with E-state index in [1.807, 2.05) is 12.3 Å². The number of piperidine rings is 2. The van der Waals surface area contributed by atoms with E-state index in [9.17, 15) is 4.79 Å². The summed E-state index contributed by atoms with van der Waals surface area (Å²) in [6, 6.07) is 14.6. The molecule has 0 N–H and O–H groups in total. The maximum absolute atomic E-state index is 12.5. The second kappa shape index (κ2) is 9.36. The highest BCUT2D eigenvalue weighted by atomic mass is 16.2. The average molecular weight is 390 g/mol. The molecule has 2 aliphatic heterocycles. The van der Waals surface area contributed by atoms with Crippen molar-refractivity contribution >= 4 is 12.0 Å². The lowest BCUT2D eigenvalue weighted by molar-refractivity contribution is -0.139. The number of pyridine rings is 1. The van der Waals surface area contributed by atoms with Gasteiger partial charge in [-0.25, -0.2) is 0 Å². The van der Waals surface area contributed by atoms with Gasteiger partial charge in [0, 0.05) is 38.4 Å². The van der Waals surface area contributed by atoms with Gasteiger partial charge in [-0.3, -0.25) is 14.7 Å². The Morgan fingerprint density at radius 1 is 1.03 bits per heavy atom. The molecule has 4 heteroatoms. The third kappa shape index (κ3) is 5.33. The minimum absolute atomic E-state index is 0.322. The van der Waals surface area contributed by atoms with Crippen molar-refractivity contribution in [1.82, 2.24) is 14.8 Å². The molecule has 0 saturated carbocycles. The molecule has 0 unspecified atom stereocenters. The number of amides is 1. The van der Waals surface area contributed by atoms with Crippen LogP contribution in [0, 0.1) is 5.41 Å². The highest BCUT2D eigenvalue weighted by molar-refractivity contribution is 5.77. The molecular formula is C25H31N3O. The normalized spacial score (nSPS) is 19.9. The largest absolute Gasteiger partial charge is 0.342 e. The van der Waals surface area contributed by atoms with E-state index in [4.69, 9.17) is 0 Å². The van der Waals surface area contributed by atoms with Gasteiger partial charge >= 0.3 is 0 Å². The Morgan fingerprint density at radius 3 is 2.62 bits per heavy atom. The van der Waals surface area contributed by atoms with E-state index in [1.54, 1.807) is 6.20 Å². The van der Waals surface area contributed by atoms with E-state index in [0.29, 0.717) is 17.7 Å². The van der Waals surface area contributed by atoms with Crippen LogP contribution in [0.2, 0.25) is 0 Å². The molecule has 2 aliphatic rings. The van der Waals surface area contributed by atoms with Crippen molar-refractivity contribution in [3.8, 4) is 0 Å². The maximum Gasteiger partial charge on any atom is 0.222 e. The van der Waals surface area contributed by atoms with Gasteiger partial charge in [-0.1, -0.05) is 48.6 Å². The Hall–Kier alpha value is -2.46. The molecule has 0 aliphatic carbocycles. The van der Waals surface area contributed by atoms with E-state index in [2.05, 4.69) is 63.3 Å². The number of nitrogens with zero attached hydrogens (tertiary/aromatic N) is 3. The standard InChI is InChI=1S/C25H31N3O/c29-24-10-12-25(21-28(24)17-11-23-8-4-15-26-20-23)13-18-27(19-14-25)16-5-9-22-6-2-1-3-7-22/h1-9,15,20H,10-14,16-19,21H2. The Labute approximate surface area is 174 Å². The van der Waals surface area contributed by atoms with Crippen molar-refractivity contribution in [1.29, 1.82) is 0 Å². The number of carbonyl (C=O) groups is 1. The van der Waals surface area contributed by atoms with Gasteiger partial charge in [0.1, 0.15) is 0 Å². The molecule has 0 atom stereocenters.